The normalized spacial score (nSPS) is 23.5. The minimum atomic E-state index is -1.79. The van der Waals surface area contributed by atoms with Crippen molar-refractivity contribution in [3.05, 3.63) is 85.1 Å². The van der Waals surface area contributed by atoms with Crippen molar-refractivity contribution < 1.29 is 64.6 Å². The fraction of sp³-hybridized carbons (Fsp3) is 0.800. The summed E-state index contributed by atoms with van der Waals surface area (Å²) < 4.78 is 22.8. The largest absolute Gasteiger partial charge is 0.394 e. The zero-order chi connectivity index (χ0) is 64.5. The average molecular weight is 1260 g/mol. The Hall–Kier alpha value is -2.83. The molecule has 89 heavy (non-hydrogen) atoms. The van der Waals surface area contributed by atoms with Gasteiger partial charge in [-0.2, -0.15) is 0 Å². The second-order valence-corrected chi connectivity index (χ2v) is 25.3. The summed E-state index contributed by atoms with van der Waals surface area (Å²) in [6, 6.07) is -0.939. The molecule has 14 nitrogen and oxygen atoms in total. The molecule has 14 heteroatoms. The lowest BCUT2D eigenvalue weighted by atomic mass is 9.97. The van der Waals surface area contributed by atoms with Crippen molar-refractivity contribution in [1.29, 1.82) is 0 Å². The summed E-state index contributed by atoms with van der Waals surface area (Å²) in [5.74, 6) is -0.251. The van der Waals surface area contributed by atoms with Gasteiger partial charge in [-0.15, -0.1) is 0 Å². The van der Waals surface area contributed by atoms with Crippen molar-refractivity contribution in [3.63, 3.8) is 0 Å². The first-order chi connectivity index (χ1) is 43.6. The molecule has 2 aliphatic heterocycles. The number of aliphatic hydroxyl groups excluding tert-OH is 8. The number of rotatable bonds is 59. The summed E-state index contributed by atoms with van der Waals surface area (Å²) in [5, 5.41) is 87.3. The second-order valence-electron chi connectivity index (χ2n) is 25.3. The van der Waals surface area contributed by atoms with Crippen LogP contribution in [-0.2, 0) is 23.7 Å². The van der Waals surface area contributed by atoms with Gasteiger partial charge in [0.1, 0.15) is 48.8 Å². The highest BCUT2D eigenvalue weighted by Gasteiger charge is 2.51. The first-order valence-corrected chi connectivity index (χ1v) is 36.3. The van der Waals surface area contributed by atoms with Gasteiger partial charge in [0.25, 0.3) is 0 Å². The average Bonchev–Trinajstić information content (AvgIpc) is 2.55. The molecule has 0 aromatic carbocycles. The predicted octanol–water partition coefficient (Wildman–Crippen LogP) is 15.2. The van der Waals surface area contributed by atoms with Gasteiger partial charge in [0.2, 0.25) is 5.91 Å². The molecule has 0 spiro atoms. The molecule has 12 atom stereocenters. The molecular weight excluding hydrogens is 1120 g/mol. The number of carbonyl (C=O) groups is 1. The Morgan fingerprint density at radius 3 is 1.24 bits per heavy atom. The number of hydrogen-bond donors (Lipinski definition) is 9. The van der Waals surface area contributed by atoms with Crippen LogP contribution < -0.4 is 5.32 Å². The van der Waals surface area contributed by atoms with Crippen LogP contribution >= 0.6 is 0 Å². The van der Waals surface area contributed by atoms with Crippen LogP contribution in [0.5, 0.6) is 0 Å². The molecule has 9 N–H and O–H groups in total. The Morgan fingerprint density at radius 1 is 0.416 bits per heavy atom. The SMILES string of the molecule is CC/C=C\C/C=C\C/C=C\C/C=C\CCCCCCCCCCCCCCCCCCCCCCCCCCCCC(=O)NC(COC1OC(CO)C(OC2OC(CO)C(O)C(O)C2O)C(O)C1O)C(O)/C=C/CC/C=C/CC/C=C/CCCCCCCC. The van der Waals surface area contributed by atoms with Crippen LogP contribution in [-0.4, -0.2) is 140 Å². The highest BCUT2D eigenvalue weighted by molar-refractivity contribution is 5.76. The van der Waals surface area contributed by atoms with E-state index in [1.54, 1.807) is 6.08 Å². The number of allylic oxidation sites excluding steroid dienone is 13. The molecule has 516 valence electrons. The lowest BCUT2D eigenvalue weighted by molar-refractivity contribution is -0.359. The predicted molar refractivity (Wildman–Crippen MR) is 364 cm³/mol. The van der Waals surface area contributed by atoms with E-state index < -0.39 is 86.8 Å². The van der Waals surface area contributed by atoms with Crippen LogP contribution in [0.1, 0.15) is 290 Å². The molecule has 0 bridgehead atoms. The van der Waals surface area contributed by atoms with Crippen LogP contribution in [0.15, 0.2) is 85.1 Å². The maximum atomic E-state index is 13.3. The summed E-state index contributed by atoms with van der Waals surface area (Å²) in [7, 11) is 0. The first-order valence-electron chi connectivity index (χ1n) is 36.3. The quantitative estimate of drug-likeness (QED) is 0.0204. The van der Waals surface area contributed by atoms with Gasteiger partial charge in [0.05, 0.1) is 32.0 Å². The van der Waals surface area contributed by atoms with E-state index in [-0.39, 0.29) is 18.9 Å². The second kappa shape index (κ2) is 59.0. The third-order valence-electron chi connectivity index (χ3n) is 17.3. The Kier molecular flexibility index (Phi) is 54.5. The molecule has 0 aromatic rings. The van der Waals surface area contributed by atoms with Gasteiger partial charge in [-0.3, -0.25) is 4.79 Å². The summed E-state index contributed by atoms with van der Waals surface area (Å²) in [6.45, 7) is 2.67. The molecular formula is C75H133NO13. The van der Waals surface area contributed by atoms with E-state index in [1.807, 2.05) is 6.08 Å². The van der Waals surface area contributed by atoms with Crippen molar-refractivity contribution >= 4 is 5.91 Å². The third kappa shape index (κ3) is 42.9. The number of nitrogens with one attached hydrogen (secondary N) is 1. The first kappa shape index (κ1) is 82.3. The Bertz CT molecular complexity index is 1820. The van der Waals surface area contributed by atoms with Gasteiger partial charge in [-0.05, 0) is 83.5 Å². The lowest BCUT2D eigenvalue weighted by Gasteiger charge is -2.46. The minimum Gasteiger partial charge on any atom is -0.394 e. The minimum absolute atomic E-state index is 0.251. The maximum absolute atomic E-state index is 13.3. The van der Waals surface area contributed by atoms with Gasteiger partial charge < -0.3 is 65.1 Å². The molecule has 2 fully saturated rings. The zero-order valence-corrected chi connectivity index (χ0v) is 56.2. The molecule has 0 aromatic heterocycles. The number of amides is 1. The van der Waals surface area contributed by atoms with Crippen molar-refractivity contribution in [1.82, 2.24) is 5.32 Å². The molecule has 0 aliphatic carbocycles. The highest BCUT2D eigenvalue weighted by atomic mass is 16.7. The summed E-state index contributed by atoms with van der Waals surface area (Å²) in [5.41, 5.74) is 0. The van der Waals surface area contributed by atoms with Crippen molar-refractivity contribution in [3.8, 4) is 0 Å². The van der Waals surface area contributed by atoms with Gasteiger partial charge in [-0.1, -0.05) is 285 Å². The number of hydrogen-bond acceptors (Lipinski definition) is 13. The smallest absolute Gasteiger partial charge is 0.220 e. The molecule has 2 rings (SSSR count). The number of carbonyl (C=O) groups excluding carboxylic acids is 1. The number of ether oxygens (including phenoxy) is 4. The van der Waals surface area contributed by atoms with E-state index in [9.17, 15) is 45.6 Å². The molecule has 0 saturated carbocycles. The van der Waals surface area contributed by atoms with E-state index >= 15 is 0 Å². The molecule has 1 amide bonds. The van der Waals surface area contributed by atoms with E-state index in [1.165, 1.54) is 186 Å². The summed E-state index contributed by atoms with van der Waals surface area (Å²) >= 11 is 0. The number of aliphatic hydroxyl groups is 8. The molecule has 2 saturated heterocycles. The molecule has 12 unspecified atom stereocenters. The fourth-order valence-electron chi connectivity index (χ4n) is 11.6. The van der Waals surface area contributed by atoms with Gasteiger partial charge in [-0.25, -0.2) is 0 Å². The van der Waals surface area contributed by atoms with Gasteiger partial charge in [0, 0.05) is 6.42 Å². The monoisotopic (exact) mass is 1260 g/mol. The lowest BCUT2D eigenvalue weighted by Crippen LogP contribution is -2.65. The third-order valence-corrected chi connectivity index (χ3v) is 17.3. The van der Waals surface area contributed by atoms with Crippen LogP contribution in [0.2, 0.25) is 0 Å². The molecule has 2 heterocycles. The van der Waals surface area contributed by atoms with E-state index in [0.29, 0.717) is 12.8 Å². The van der Waals surface area contributed by atoms with Gasteiger partial charge >= 0.3 is 0 Å². The van der Waals surface area contributed by atoms with Crippen LogP contribution in [0.4, 0.5) is 0 Å². The van der Waals surface area contributed by atoms with Crippen molar-refractivity contribution in [2.24, 2.45) is 0 Å². The van der Waals surface area contributed by atoms with Crippen LogP contribution in [0.3, 0.4) is 0 Å². The Morgan fingerprint density at radius 2 is 0.787 bits per heavy atom. The van der Waals surface area contributed by atoms with Crippen LogP contribution in [0, 0.1) is 0 Å². The molecule has 0 radical (unpaired) electrons. The van der Waals surface area contributed by atoms with Crippen molar-refractivity contribution in [2.75, 3.05) is 19.8 Å². The summed E-state index contributed by atoms with van der Waals surface area (Å²) in [4.78, 5) is 13.3. The van der Waals surface area contributed by atoms with E-state index in [0.717, 1.165) is 70.6 Å². The molecule has 2 aliphatic rings. The number of unbranched alkanes of at least 4 members (excludes halogenated alkanes) is 34. The summed E-state index contributed by atoms with van der Waals surface area (Å²) in [6.07, 6.45) is 65.3. The van der Waals surface area contributed by atoms with E-state index in [4.69, 9.17) is 18.9 Å². The Labute approximate surface area is 541 Å². The highest BCUT2D eigenvalue weighted by Crippen LogP contribution is 2.30. The fourth-order valence-corrected chi connectivity index (χ4v) is 11.6. The van der Waals surface area contributed by atoms with Gasteiger partial charge in [0.15, 0.2) is 12.6 Å². The Balaban J connectivity index is 1.58. The van der Waals surface area contributed by atoms with Crippen LogP contribution in [0.25, 0.3) is 0 Å². The van der Waals surface area contributed by atoms with E-state index in [2.05, 4.69) is 92.1 Å². The van der Waals surface area contributed by atoms with Crippen molar-refractivity contribution in [2.45, 2.75) is 364 Å². The zero-order valence-electron chi connectivity index (χ0n) is 56.2. The standard InChI is InChI=1S/C75H133NO13/c1-3-5-7-9-11-13-15-17-19-21-22-23-24-25-26-27-28-29-30-31-32-33-34-35-36-37-38-39-40-41-42-43-45-47-49-51-53-55-57-59-67(80)76-63(64(79)58-56-54-52-50-48-46-44-20-18-16-14-12-10-8-6-4-2)62-86-74-72(85)70(83)73(66(61-78)88-74)89-75-71(84)69(82)68(81)65(60-77)87-75/h5,7,11,13,17-20,22-23,48,50,56,58,63-66,68-75,77-79,81-85H,3-4,6,8-10,12,14-16,21,24-47,49,51-55,57,59-62H2,1-2H3,(H,76,80)/b7-5-,13-11-,19-17-,20-18+,23-22-,50-48+,58-56+. The topological polar surface area (TPSA) is 228 Å². The maximum Gasteiger partial charge on any atom is 0.220 e.